The minimum atomic E-state index is -0.411. The number of nitrogens with zero attached hydrogens (tertiary/aromatic N) is 1. The number of hydrogen-bond acceptors (Lipinski definition) is 6. The van der Waals surface area contributed by atoms with Gasteiger partial charge < -0.3 is 19.9 Å². The van der Waals surface area contributed by atoms with Gasteiger partial charge in [-0.1, -0.05) is 0 Å². The van der Waals surface area contributed by atoms with Crippen LogP contribution in [0.2, 0.25) is 0 Å². The summed E-state index contributed by atoms with van der Waals surface area (Å²) in [5.41, 5.74) is 0.426. The first-order valence-corrected chi connectivity index (χ1v) is 5.62. The predicted octanol–water partition coefficient (Wildman–Crippen LogP) is 0.677. The summed E-state index contributed by atoms with van der Waals surface area (Å²) in [5.74, 6) is 0.138. The number of pyridine rings is 1. The molecule has 0 aliphatic rings. The van der Waals surface area contributed by atoms with Crippen molar-refractivity contribution in [2.24, 2.45) is 0 Å². The third kappa shape index (κ3) is 4.31. The number of rotatable bonds is 7. The fourth-order valence-corrected chi connectivity index (χ4v) is 1.52. The molecule has 0 aliphatic heterocycles. The van der Waals surface area contributed by atoms with Crippen LogP contribution in [-0.4, -0.2) is 49.5 Å². The zero-order valence-electron chi connectivity index (χ0n) is 10.5. The highest BCUT2D eigenvalue weighted by Gasteiger charge is 2.11. The summed E-state index contributed by atoms with van der Waals surface area (Å²) in [6.07, 6.45) is 2.06. The van der Waals surface area contributed by atoms with Crippen LogP contribution in [0.25, 0.3) is 0 Å². The van der Waals surface area contributed by atoms with Gasteiger partial charge in [0.05, 0.1) is 25.3 Å². The summed E-state index contributed by atoms with van der Waals surface area (Å²) in [5, 5.41) is 12.0. The van der Waals surface area contributed by atoms with Gasteiger partial charge in [0, 0.05) is 19.9 Å². The molecule has 0 saturated carbocycles. The van der Waals surface area contributed by atoms with E-state index in [9.17, 15) is 4.79 Å². The average Bonchev–Trinajstić information content (AvgIpc) is 2.39. The Morgan fingerprint density at radius 3 is 2.94 bits per heavy atom. The third-order valence-electron chi connectivity index (χ3n) is 2.38. The molecule has 0 fully saturated rings. The molecular formula is C12H18N2O4. The van der Waals surface area contributed by atoms with Crippen LogP contribution in [-0.2, 0) is 9.47 Å². The quantitative estimate of drug-likeness (QED) is 0.696. The summed E-state index contributed by atoms with van der Waals surface area (Å²) in [4.78, 5) is 15.5. The Labute approximate surface area is 106 Å². The highest BCUT2D eigenvalue weighted by atomic mass is 16.5. The maximum atomic E-state index is 11.4. The van der Waals surface area contributed by atoms with Crippen LogP contribution < -0.4 is 5.32 Å². The zero-order valence-corrected chi connectivity index (χ0v) is 10.5. The van der Waals surface area contributed by atoms with E-state index in [4.69, 9.17) is 9.84 Å². The monoisotopic (exact) mass is 254 g/mol. The average molecular weight is 254 g/mol. The van der Waals surface area contributed by atoms with E-state index in [2.05, 4.69) is 15.0 Å². The zero-order chi connectivity index (χ0) is 13.4. The number of aliphatic hydroxyl groups is 1. The number of anilines is 1. The van der Waals surface area contributed by atoms with Gasteiger partial charge in [-0.2, -0.15) is 0 Å². The van der Waals surface area contributed by atoms with Gasteiger partial charge in [0.15, 0.2) is 0 Å². The van der Waals surface area contributed by atoms with Crippen molar-refractivity contribution in [3.8, 4) is 0 Å². The van der Waals surface area contributed by atoms with Crippen molar-refractivity contribution in [1.29, 1.82) is 0 Å². The van der Waals surface area contributed by atoms with E-state index >= 15 is 0 Å². The van der Waals surface area contributed by atoms with Crippen LogP contribution in [0.15, 0.2) is 18.3 Å². The van der Waals surface area contributed by atoms with Crippen molar-refractivity contribution >= 4 is 11.8 Å². The number of carbonyl (C=O) groups is 1. The van der Waals surface area contributed by atoms with Gasteiger partial charge in [-0.3, -0.25) is 0 Å². The Morgan fingerprint density at radius 1 is 1.56 bits per heavy atom. The lowest BCUT2D eigenvalue weighted by Crippen LogP contribution is -2.26. The van der Waals surface area contributed by atoms with Gasteiger partial charge in [0.2, 0.25) is 0 Å². The lowest BCUT2D eigenvalue weighted by atomic mass is 10.2. The van der Waals surface area contributed by atoms with Crippen molar-refractivity contribution in [2.45, 2.75) is 12.5 Å². The Bertz CT molecular complexity index is 378. The second kappa shape index (κ2) is 7.62. The van der Waals surface area contributed by atoms with E-state index in [1.54, 1.807) is 19.2 Å². The summed E-state index contributed by atoms with van der Waals surface area (Å²) < 4.78 is 9.67. The van der Waals surface area contributed by atoms with E-state index in [1.165, 1.54) is 13.3 Å². The van der Waals surface area contributed by atoms with Gasteiger partial charge in [0.25, 0.3) is 0 Å². The van der Waals surface area contributed by atoms with E-state index in [0.717, 1.165) is 0 Å². The molecule has 2 N–H and O–H groups in total. The summed E-state index contributed by atoms with van der Waals surface area (Å²) in [6, 6.07) is 3.13. The molecule has 18 heavy (non-hydrogen) atoms. The number of carbonyl (C=O) groups excluding carboxylic acids is 1. The van der Waals surface area contributed by atoms with Crippen molar-refractivity contribution in [3.05, 3.63) is 23.9 Å². The third-order valence-corrected chi connectivity index (χ3v) is 2.38. The SMILES string of the molecule is COCC(CCO)Nc1cc(C(=O)OC)ccn1. The van der Waals surface area contributed by atoms with Crippen LogP contribution in [0.5, 0.6) is 0 Å². The molecule has 1 aromatic rings. The molecule has 0 aliphatic carbocycles. The second-order valence-electron chi connectivity index (χ2n) is 3.73. The maximum absolute atomic E-state index is 11.4. The summed E-state index contributed by atoms with van der Waals surface area (Å²) >= 11 is 0. The van der Waals surface area contributed by atoms with Crippen molar-refractivity contribution < 1.29 is 19.4 Å². The van der Waals surface area contributed by atoms with Crippen LogP contribution in [0.4, 0.5) is 5.82 Å². The number of aromatic nitrogens is 1. The molecular weight excluding hydrogens is 236 g/mol. The van der Waals surface area contributed by atoms with E-state index < -0.39 is 5.97 Å². The molecule has 1 unspecified atom stereocenters. The maximum Gasteiger partial charge on any atom is 0.338 e. The number of aliphatic hydroxyl groups excluding tert-OH is 1. The molecule has 100 valence electrons. The van der Waals surface area contributed by atoms with Gasteiger partial charge in [0.1, 0.15) is 5.82 Å². The van der Waals surface area contributed by atoms with Crippen molar-refractivity contribution in [1.82, 2.24) is 4.98 Å². The first-order chi connectivity index (χ1) is 8.71. The summed E-state index contributed by atoms with van der Waals surface area (Å²) in [7, 11) is 2.92. The Balaban J connectivity index is 2.73. The molecule has 0 aromatic carbocycles. The van der Waals surface area contributed by atoms with Crippen LogP contribution in [0.3, 0.4) is 0 Å². The number of ether oxygens (including phenoxy) is 2. The van der Waals surface area contributed by atoms with E-state index in [0.29, 0.717) is 24.4 Å². The number of nitrogens with one attached hydrogen (secondary N) is 1. The Morgan fingerprint density at radius 2 is 2.33 bits per heavy atom. The van der Waals surface area contributed by atoms with Crippen LogP contribution in [0.1, 0.15) is 16.8 Å². The molecule has 6 heteroatoms. The standard InChI is InChI=1S/C12H18N2O4/c1-17-8-10(4-6-15)14-11-7-9(3-5-13-11)12(16)18-2/h3,5,7,10,15H,4,6,8H2,1-2H3,(H,13,14). The molecule has 1 aromatic heterocycles. The first-order valence-electron chi connectivity index (χ1n) is 5.62. The lowest BCUT2D eigenvalue weighted by molar-refractivity contribution is 0.0600. The highest BCUT2D eigenvalue weighted by molar-refractivity contribution is 5.89. The largest absolute Gasteiger partial charge is 0.465 e. The van der Waals surface area contributed by atoms with Gasteiger partial charge in [-0.25, -0.2) is 9.78 Å². The van der Waals surface area contributed by atoms with Crippen molar-refractivity contribution in [2.75, 3.05) is 32.8 Å². The van der Waals surface area contributed by atoms with Crippen LogP contribution >= 0.6 is 0 Å². The van der Waals surface area contributed by atoms with Gasteiger partial charge in [-0.15, -0.1) is 0 Å². The minimum absolute atomic E-state index is 0.0533. The normalized spacial score (nSPS) is 11.9. The first kappa shape index (κ1) is 14.4. The smallest absolute Gasteiger partial charge is 0.338 e. The molecule has 0 amide bonds. The summed E-state index contributed by atoms with van der Waals surface area (Å²) in [6.45, 7) is 0.502. The molecule has 1 rings (SSSR count). The van der Waals surface area contributed by atoms with E-state index in [1.807, 2.05) is 0 Å². The lowest BCUT2D eigenvalue weighted by Gasteiger charge is -2.17. The topological polar surface area (TPSA) is 80.7 Å². The second-order valence-corrected chi connectivity index (χ2v) is 3.73. The molecule has 0 radical (unpaired) electrons. The Kier molecular flexibility index (Phi) is 6.10. The molecule has 0 saturated heterocycles. The molecule has 0 spiro atoms. The molecule has 1 heterocycles. The number of methoxy groups -OCH3 is 2. The molecule has 6 nitrogen and oxygen atoms in total. The van der Waals surface area contributed by atoms with Crippen molar-refractivity contribution in [3.63, 3.8) is 0 Å². The van der Waals surface area contributed by atoms with E-state index in [-0.39, 0.29) is 12.6 Å². The predicted molar refractivity (Wildman–Crippen MR) is 66.6 cm³/mol. The van der Waals surface area contributed by atoms with Gasteiger partial charge in [-0.05, 0) is 18.6 Å². The number of hydrogen-bond donors (Lipinski definition) is 2. The highest BCUT2D eigenvalue weighted by Crippen LogP contribution is 2.10. The number of esters is 1. The Hall–Kier alpha value is -1.66. The fraction of sp³-hybridized carbons (Fsp3) is 0.500. The fourth-order valence-electron chi connectivity index (χ4n) is 1.52. The minimum Gasteiger partial charge on any atom is -0.465 e. The van der Waals surface area contributed by atoms with Gasteiger partial charge >= 0.3 is 5.97 Å². The molecule has 0 bridgehead atoms. The van der Waals surface area contributed by atoms with Crippen LogP contribution in [0, 0.1) is 0 Å². The molecule has 1 atom stereocenters.